The van der Waals surface area contributed by atoms with E-state index in [1.807, 2.05) is 0 Å². The molecule has 0 radical (unpaired) electrons. The van der Waals surface area contributed by atoms with Crippen LogP contribution in [0.25, 0.3) is 0 Å². The van der Waals surface area contributed by atoms with Crippen molar-refractivity contribution in [2.45, 2.75) is 391 Å². The van der Waals surface area contributed by atoms with Gasteiger partial charge in [0.25, 0.3) is 0 Å². The van der Waals surface area contributed by atoms with E-state index in [4.69, 9.17) is 66.4 Å². The average Bonchev–Trinajstić information content (AvgIpc) is 3.58. The molecule has 0 saturated carbocycles. The van der Waals surface area contributed by atoms with Gasteiger partial charge in [0.05, 0.1) is 13.2 Å². The summed E-state index contributed by atoms with van der Waals surface area (Å²) in [6.45, 7) is 6.65. The molecular formula is C68H136O20. The Bertz CT molecular complexity index is 1380. The van der Waals surface area contributed by atoms with Crippen molar-refractivity contribution in [3.63, 3.8) is 0 Å². The van der Waals surface area contributed by atoms with E-state index in [-0.39, 0.29) is 0 Å². The normalized spacial score (nSPS) is 14.4. The second-order valence-corrected chi connectivity index (χ2v) is 24.6. The second kappa shape index (κ2) is 68.3. The van der Waals surface area contributed by atoms with Crippen LogP contribution >= 0.6 is 0 Å². The molecule has 0 aliphatic heterocycles. The summed E-state index contributed by atoms with van der Waals surface area (Å²) >= 11 is 0. The number of hydrogen-bond donors (Lipinski definition) is 15. The molecule has 0 amide bonds. The zero-order valence-corrected chi connectivity index (χ0v) is 56.1. The lowest BCUT2D eigenvalue weighted by Crippen LogP contribution is -2.56. The first-order valence-corrected chi connectivity index (χ1v) is 34.7. The van der Waals surface area contributed by atoms with Crippen LogP contribution in [0.3, 0.4) is 0 Å². The molecule has 0 heterocycles. The molecule has 20 nitrogen and oxygen atoms in total. The van der Waals surface area contributed by atoms with Gasteiger partial charge in [-0.2, -0.15) is 0 Å². The molecule has 0 bridgehead atoms. The van der Waals surface area contributed by atoms with Gasteiger partial charge < -0.3 is 76.6 Å². The van der Waals surface area contributed by atoms with Crippen molar-refractivity contribution >= 4 is 29.8 Å². The predicted octanol–water partition coefficient (Wildman–Crippen LogP) is 12.8. The van der Waals surface area contributed by atoms with Crippen LogP contribution in [0, 0.1) is 0 Å². The summed E-state index contributed by atoms with van der Waals surface area (Å²) in [7, 11) is 0. The Labute approximate surface area is 532 Å². The monoisotopic (exact) mass is 1270 g/mol. The van der Waals surface area contributed by atoms with Crippen LogP contribution < -0.4 is 0 Å². The minimum absolute atomic E-state index is 0.345. The number of aliphatic hydroxyl groups is 10. The maximum absolute atomic E-state index is 10.4. The summed E-state index contributed by atoms with van der Waals surface area (Å²) in [5.74, 6) is -5.44. The van der Waals surface area contributed by atoms with E-state index in [0.29, 0.717) is 19.3 Å². The minimum Gasteiger partial charge on any atom is -0.481 e. The summed E-state index contributed by atoms with van der Waals surface area (Å²) in [5.41, 5.74) is -5.18. The van der Waals surface area contributed by atoms with Crippen molar-refractivity contribution in [3.05, 3.63) is 0 Å². The van der Waals surface area contributed by atoms with E-state index in [1.54, 1.807) is 0 Å². The lowest BCUT2D eigenvalue weighted by Gasteiger charge is -2.30. The summed E-state index contributed by atoms with van der Waals surface area (Å²) < 4.78 is 0. The molecule has 8 atom stereocenters. The molecule has 0 unspecified atom stereocenters. The Hall–Kier alpha value is -3.05. The average molecular weight is 1270 g/mol. The van der Waals surface area contributed by atoms with E-state index in [0.717, 1.165) is 52.4 Å². The molecule has 0 aromatic heterocycles. The number of hydrogen-bond acceptors (Lipinski definition) is 15. The minimum atomic E-state index is -2.59. The third-order valence-corrected chi connectivity index (χ3v) is 15.8. The largest absolute Gasteiger partial charge is 0.481 e. The Kier molecular flexibility index (Phi) is 72.7. The third kappa shape index (κ3) is 65.9. The van der Waals surface area contributed by atoms with Crippen LogP contribution in [0.5, 0.6) is 0 Å². The number of aliphatic carboxylic acids is 5. The van der Waals surface area contributed by atoms with E-state index in [1.165, 1.54) is 250 Å². The third-order valence-electron chi connectivity index (χ3n) is 15.8. The van der Waals surface area contributed by atoms with E-state index < -0.39 is 90.9 Å². The first kappa shape index (κ1) is 93.7. The molecule has 0 aliphatic rings. The molecule has 0 fully saturated rings. The molecule has 0 aliphatic carbocycles. The summed E-state index contributed by atoms with van der Waals surface area (Å²) in [6.07, 6.45) is 49.1. The first-order chi connectivity index (χ1) is 41.8. The van der Waals surface area contributed by atoms with Crippen LogP contribution in [-0.4, -0.2) is 167 Å². The number of carboxylic acid groups (broad SMARTS) is 5. The van der Waals surface area contributed by atoms with Gasteiger partial charge in [-0.3, -0.25) is 14.4 Å². The van der Waals surface area contributed by atoms with Crippen LogP contribution in [0.1, 0.15) is 343 Å². The molecular weight excluding hydrogens is 1140 g/mol. The highest BCUT2D eigenvalue weighted by molar-refractivity contribution is 5.78. The predicted molar refractivity (Wildman–Crippen MR) is 348 cm³/mol. The number of carboxylic acids is 5. The highest BCUT2D eigenvalue weighted by Gasteiger charge is 2.45. The zero-order chi connectivity index (χ0) is 67.7. The van der Waals surface area contributed by atoms with E-state index >= 15 is 0 Å². The smallest absolute Gasteiger partial charge is 0.338 e. The van der Waals surface area contributed by atoms with Gasteiger partial charge in [0, 0.05) is 19.3 Å². The maximum Gasteiger partial charge on any atom is 0.338 e. The van der Waals surface area contributed by atoms with Crippen molar-refractivity contribution in [2.24, 2.45) is 0 Å². The molecule has 0 aromatic carbocycles. The van der Waals surface area contributed by atoms with Crippen molar-refractivity contribution < 1.29 is 101 Å². The van der Waals surface area contributed by atoms with Crippen molar-refractivity contribution in [1.82, 2.24) is 0 Å². The van der Waals surface area contributed by atoms with Crippen molar-refractivity contribution in [3.8, 4) is 0 Å². The van der Waals surface area contributed by atoms with Gasteiger partial charge in [-0.25, -0.2) is 9.59 Å². The van der Waals surface area contributed by atoms with Crippen LogP contribution in [0.15, 0.2) is 0 Å². The molecule has 528 valence electrons. The first-order valence-electron chi connectivity index (χ1n) is 34.7. The fourth-order valence-corrected chi connectivity index (χ4v) is 9.50. The van der Waals surface area contributed by atoms with Crippen molar-refractivity contribution in [2.75, 3.05) is 13.2 Å². The number of carbonyl (C=O) groups is 5. The van der Waals surface area contributed by atoms with Gasteiger partial charge in [-0.1, -0.05) is 290 Å². The van der Waals surface area contributed by atoms with Crippen LogP contribution in [-0.2, 0) is 24.0 Å². The molecule has 0 saturated heterocycles. The highest BCUT2D eigenvalue weighted by Crippen LogP contribution is 2.20. The Balaban J connectivity index is -0.000000329. The quantitative estimate of drug-likeness (QED) is 0.0252. The summed E-state index contributed by atoms with van der Waals surface area (Å²) in [5, 5.41) is 132. The number of unbranched alkanes of at least 4 members (excludes halogenated alkanes) is 42. The molecule has 20 heteroatoms. The maximum atomic E-state index is 10.4. The number of aliphatic hydroxyl groups excluding tert-OH is 8. The van der Waals surface area contributed by atoms with Gasteiger partial charge in [-0.05, 0) is 33.1 Å². The topological polar surface area (TPSA) is 389 Å². The lowest BCUT2D eigenvalue weighted by atomic mass is 9.92. The molecule has 88 heavy (non-hydrogen) atoms. The standard InChI is InChI=1S/3C18H36O2.2C7H14O7/c3*1-2-3-4-5-6-7-8-9-10-11-12-13-14-15-16-17-18(19)20;2*1-7(14,6(12)13)5(11)4(10)3(9)2-8/h3*2-17H2,1H3,(H,19,20);2*3-5,8-11,14H,2H2,1H3,(H,12,13)/t;;;2*3-,4-,5+,7-/m...11/s1. The van der Waals surface area contributed by atoms with Gasteiger partial charge in [0.2, 0.25) is 0 Å². The van der Waals surface area contributed by atoms with Gasteiger partial charge in [-0.15, -0.1) is 0 Å². The van der Waals surface area contributed by atoms with Crippen molar-refractivity contribution in [1.29, 1.82) is 0 Å². The van der Waals surface area contributed by atoms with E-state index in [9.17, 15) is 34.2 Å². The van der Waals surface area contributed by atoms with E-state index in [2.05, 4.69) is 20.8 Å². The Morgan fingerprint density at radius 3 is 0.523 bits per heavy atom. The summed E-state index contributed by atoms with van der Waals surface area (Å²) in [4.78, 5) is 51.8. The second-order valence-electron chi connectivity index (χ2n) is 24.6. The highest BCUT2D eigenvalue weighted by atomic mass is 16.4. The Morgan fingerprint density at radius 2 is 0.409 bits per heavy atom. The SMILES string of the molecule is CCCCCCCCCCCCCCCCCC(=O)O.CCCCCCCCCCCCCCCCCC(=O)O.CCCCCCCCCCCCCCCCCC(=O)O.C[C@](O)(C(=O)O)[C@@H](O)[C@H](O)[C@H](O)CO.C[C@](O)(C(=O)O)[C@@H](O)[C@H](O)[C@H](O)CO. The van der Waals surface area contributed by atoms with Crippen LogP contribution in [0.4, 0.5) is 0 Å². The molecule has 0 aromatic rings. The fraction of sp³-hybridized carbons (Fsp3) is 0.926. The molecule has 0 rings (SSSR count). The van der Waals surface area contributed by atoms with Gasteiger partial charge >= 0.3 is 29.8 Å². The number of rotatable bonds is 58. The summed E-state index contributed by atoms with van der Waals surface area (Å²) in [6, 6.07) is 0. The lowest BCUT2D eigenvalue weighted by molar-refractivity contribution is -0.186. The zero-order valence-electron chi connectivity index (χ0n) is 56.1. The van der Waals surface area contributed by atoms with Gasteiger partial charge in [0.15, 0.2) is 11.2 Å². The Morgan fingerprint density at radius 1 is 0.273 bits per heavy atom. The van der Waals surface area contributed by atoms with Gasteiger partial charge in [0.1, 0.15) is 36.6 Å². The van der Waals surface area contributed by atoms with Crippen LogP contribution in [0.2, 0.25) is 0 Å². The fourth-order valence-electron chi connectivity index (χ4n) is 9.50. The molecule has 0 spiro atoms. The molecule has 15 N–H and O–H groups in total.